The smallest absolute Gasteiger partial charge is 0.387 e. The molecular weight excluding hydrogens is 352 g/mol. The molecule has 1 amide bonds. The fraction of sp³-hybridized carbons (Fsp3) is 0.294. The molecule has 132 valence electrons. The molecule has 1 fully saturated rings. The van der Waals surface area contributed by atoms with Crippen molar-refractivity contribution in [3.63, 3.8) is 0 Å². The lowest BCUT2D eigenvalue weighted by atomic mass is 10.1. The van der Waals surface area contributed by atoms with Crippen molar-refractivity contribution in [2.75, 3.05) is 18.0 Å². The van der Waals surface area contributed by atoms with Crippen molar-refractivity contribution in [1.82, 2.24) is 10.3 Å². The third-order valence-corrected chi connectivity index (χ3v) is 4.13. The number of amides is 1. The van der Waals surface area contributed by atoms with Crippen LogP contribution in [0.2, 0.25) is 5.02 Å². The number of halogens is 3. The lowest BCUT2D eigenvalue weighted by molar-refractivity contribution is -0.0501. The largest absolute Gasteiger partial charge is 0.434 e. The number of nitrogens with zero attached hydrogens (tertiary/aromatic N) is 2. The van der Waals surface area contributed by atoms with Gasteiger partial charge in [-0.3, -0.25) is 4.79 Å². The van der Waals surface area contributed by atoms with E-state index in [9.17, 15) is 13.6 Å². The predicted octanol–water partition coefficient (Wildman–Crippen LogP) is 3.35. The molecule has 0 aliphatic carbocycles. The number of nitrogens with one attached hydrogen (secondary N) is 1. The number of carbonyl (C=O) groups is 1. The van der Waals surface area contributed by atoms with E-state index in [0.717, 1.165) is 18.8 Å². The normalized spacial score (nSPS) is 17.0. The maximum Gasteiger partial charge on any atom is 0.387 e. The van der Waals surface area contributed by atoms with Crippen LogP contribution >= 0.6 is 11.6 Å². The van der Waals surface area contributed by atoms with E-state index >= 15 is 0 Å². The Morgan fingerprint density at radius 1 is 1.36 bits per heavy atom. The van der Waals surface area contributed by atoms with Crippen LogP contribution in [0.15, 0.2) is 42.6 Å². The number of anilines is 1. The van der Waals surface area contributed by atoms with Gasteiger partial charge in [0.2, 0.25) is 0 Å². The molecule has 1 aromatic carbocycles. The van der Waals surface area contributed by atoms with E-state index in [1.807, 2.05) is 18.2 Å². The Morgan fingerprint density at radius 2 is 2.20 bits per heavy atom. The minimum Gasteiger partial charge on any atom is -0.434 e. The summed E-state index contributed by atoms with van der Waals surface area (Å²) in [6.45, 7) is -1.68. The second-order valence-corrected chi connectivity index (χ2v) is 6.05. The maximum absolute atomic E-state index is 12.5. The van der Waals surface area contributed by atoms with Crippen LogP contribution in [0.25, 0.3) is 0 Å². The first-order valence-corrected chi connectivity index (χ1v) is 8.12. The van der Waals surface area contributed by atoms with Crippen LogP contribution in [-0.2, 0) is 0 Å². The number of rotatable bonds is 5. The Morgan fingerprint density at radius 3 is 2.92 bits per heavy atom. The molecular formula is C17H16ClF2N3O2. The number of aromatic nitrogens is 1. The predicted molar refractivity (Wildman–Crippen MR) is 90.4 cm³/mol. The second-order valence-electron chi connectivity index (χ2n) is 5.61. The zero-order valence-corrected chi connectivity index (χ0v) is 13.9. The van der Waals surface area contributed by atoms with Gasteiger partial charge in [-0.25, -0.2) is 4.98 Å². The van der Waals surface area contributed by atoms with Gasteiger partial charge in [0.25, 0.3) is 5.91 Å². The summed E-state index contributed by atoms with van der Waals surface area (Å²) in [5.74, 6) is 0.145. The zero-order valence-electron chi connectivity index (χ0n) is 13.2. The summed E-state index contributed by atoms with van der Waals surface area (Å²) >= 11 is 5.88. The Hall–Kier alpha value is -2.41. The fourth-order valence-corrected chi connectivity index (χ4v) is 2.94. The first-order chi connectivity index (χ1) is 12.0. The molecule has 8 heteroatoms. The quantitative estimate of drug-likeness (QED) is 0.880. The minimum absolute atomic E-state index is 0.0101. The fourth-order valence-electron chi connectivity index (χ4n) is 2.77. The van der Waals surface area contributed by atoms with Crippen molar-refractivity contribution >= 4 is 23.3 Å². The van der Waals surface area contributed by atoms with Crippen LogP contribution in [-0.4, -0.2) is 36.6 Å². The van der Waals surface area contributed by atoms with E-state index < -0.39 is 12.5 Å². The topological polar surface area (TPSA) is 54.5 Å². The van der Waals surface area contributed by atoms with Crippen molar-refractivity contribution in [2.45, 2.75) is 19.1 Å². The molecule has 1 aromatic heterocycles. The monoisotopic (exact) mass is 367 g/mol. The van der Waals surface area contributed by atoms with E-state index in [1.165, 1.54) is 18.2 Å². The van der Waals surface area contributed by atoms with Crippen LogP contribution in [0.1, 0.15) is 16.8 Å². The second kappa shape index (κ2) is 7.65. The summed E-state index contributed by atoms with van der Waals surface area (Å²) in [6, 6.07) is 9.49. The Balaban J connectivity index is 1.68. The van der Waals surface area contributed by atoms with E-state index in [1.54, 1.807) is 6.20 Å². The van der Waals surface area contributed by atoms with Crippen LogP contribution in [0.5, 0.6) is 5.75 Å². The summed E-state index contributed by atoms with van der Waals surface area (Å²) in [6.07, 6.45) is 2.44. The number of benzene rings is 1. The molecule has 1 aliphatic rings. The molecule has 2 aromatic rings. The highest BCUT2D eigenvalue weighted by molar-refractivity contribution is 6.31. The third-order valence-electron chi connectivity index (χ3n) is 3.90. The van der Waals surface area contributed by atoms with E-state index in [0.29, 0.717) is 6.54 Å². The van der Waals surface area contributed by atoms with Crippen molar-refractivity contribution in [3.8, 4) is 5.75 Å². The van der Waals surface area contributed by atoms with Crippen molar-refractivity contribution in [1.29, 1.82) is 0 Å². The molecule has 1 unspecified atom stereocenters. The lowest BCUT2D eigenvalue weighted by Gasteiger charge is -2.18. The van der Waals surface area contributed by atoms with E-state index in [-0.39, 0.29) is 22.4 Å². The van der Waals surface area contributed by atoms with Gasteiger partial charge in [-0.15, -0.1) is 0 Å². The van der Waals surface area contributed by atoms with Gasteiger partial charge in [0, 0.05) is 30.4 Å². The molecule has 1 N–H and O–H groups in total. The number of pyridine rings is 1. The third kappa shape index (κ3) is 4.36. The average molecular weight is 368 g/mol. The number of hydrogen-bond donors (Lipinski definition) is 1. The zero-order chi connectivity index (χ0) is 17.8. The van der Waals surface area contributed by atoms with Crippen molar-refractivity contribution in [3.05, 3.63) is 53.2 Å². The van der Waals surface area contributed by atoms with Gasteiger partial charge in [-0.2, -0.15) is 8.78 Å². The summed E-state index contributed by atoms with van der Waals surface area (Å²) in [4.78, 5) is 18.8. The van der Waals surface area contributed by atoms with Crippen LogP contribution in [0.4, 0.5) is 14.6 Å². The number of carbonyl (C=O) groups excluding carboxylic acids is 1. The first kappa shape index (κ1) is 17.4. The summed E-state index contributed by atoms with van der Waals surface area (Å²) in [7, 11) is 0. The van der Waals surface area contributed by atoms with E-state index in [4.69, 9.17) is 11.6 Å². The summed E-state index contributed by atoms with van der Waals surface area (Å²) in [5, 5.41) is 3.12. The lowest BCUT2D eigenvalue weighted by Crippen LogP contribution is -2.37. The SMILES string of the molecule is O=C(NC1CCN(c2ccccn2)C1)c1cc(Cl)ccc1OC(F)F. The van der Waals surface area contributed by atoms with Crippen molar-refractivity contribution in [2.24, 2.45) is 0 Å². The maximum atomic E-state index is 12.5. The highest BCUT2D eigenvalue weighted by Crippen LogP contribution is 2.25. The highest BCUT2D eigenvalue weighted by Gasteiger charge is 2.26. The molecule has 0 radical (unpaired) electrons. The first-order valence-electron chi connectivity index (χ1n) is 7.74. The molecule has 3 rings (SSSR count). The van der Waals surface area contributed by atoms with Gasteiger partial charge in [0.15, 0.2) is 0 Å². The highest BCUT2D eigenvalue weighted by atomic mass is 35.5. The number of ether oxygens (including phenoxy) is 1. The molecule has 5 nitrogen and oxygen atoms in total. The van der Waals surface area contributed by atoms with Gasteiger partial charge in [-0.1, -0.05) is 17.7 Å². The Kier molecular flexibility index (Phi) is 5.33. The number of hydrogen-bond acceptors (Lipinski definition) is 4. The summed E-state index contributed by atoms with van der Waals surface area (Å²) < 4.78 is 29.4. The molecule has 1 atom stereocenters. The number of alkyl halides is 2. The average Bonchev–Trinajstić information content (AvgIpc) is 3.05. The van der Waals surface area contributed by atoms with Crippen molar-refractivity contribution < 1.29 is 18.3 Å². The molecule has 1 aliphatic heterocycles. The molecule has 0 spiro atoms. The summed E-state index contributed by atoms with van der Waals surface area (Å²) in [5.41, 5.74) is -0.0101. The molecule has 2 heterocycles. The van der Waals surface area contributed by atoms with Gasteiger partial charge in [0.1, 0.15) is 11.6 Å². The van der Waals surface area contributed by atoms with Gasteiger partial charge in [0.05, 0.1) is 5.56 Å². The van der Waals surface area contributed by atoms with Crippen LogP contribution in [0, 0.1) is 0 Å². The van der Waals surface area contributed by atoms with Gasteiger partial charge >= 0.3 is 6.61 Å². The van der Waals surface area contributed by atoms with Gasteiger partial charge < -0.3 is 15.0 Å². The minimum atomic E-state index is -3.01. The molecule has 0 saturated carbocycles. The Bertz CT molecular complexity index is 746. The molecule has 0 bridgehead atoms. The van der Waals surface area contributed by atoms with Crippen LogP contribution < -0.4 is 15.0 Å². The van der Waals surface area contributed by atoms with Crippen LogP contribution in [0.3, 0.4) is 0 Å². The standard InChI is InChI=1S/C17H16ClF2N3O2/c18-11-4-5-14(25-17(19)20)13(9-11)16(24)22-12-6-8-23(10-12)15-3-1-2-7-21-15/h1-5,7,9,12,17H,6,8,10H2,(H,22,24). The molecule has 1 saturated heterocycles. The van der Waals surface area contributed by atoms with E-state index in [2.05, 4.69) is 19.9 Å². The molecule has 25 heavy (non-hydrogen) atoms. The Labute approximate surface area is 148 Å². The van der Waals surface area contributed by atoms with Gasteiger partial charge in [-0.05, 0) is 36.8 Å².